The van der Waals surface area contributed by atoms with Crippen LogP contribution in [0.3, 0.4) is 0 Å². The molecule has 2 aromatic heterocycles. The Kier molecular flexibility index (Phi) is 11.8. The van der Waals surface area contributed by atoms with Gasteiger partial charge in [-0.3, -0.25) is 24.6 Å². The maximum atomic E-state index is 12.9. The lowest BCUT2D eigenvalue weighted by Gasteiger charge is -2.38. The number of hydrogen-bond acceptors (Lipinski definition) is 6. The highest BCUT2D eigenvalue weighted by Crippen LogP contribution is 2.26. The van der Waals surface area contributed by atoms with E-state index >= 15 is 0 Å². The van der Waals surface area contributed by atoms with Crippen molar-refractivity contribution >= 4 is 23.7 Å². The van der Waals surface area contributed by atoms with Crippen molar-refractivity contribution in [1.29, 1.82) is 0 Å². The van der Waals surface area contributed by atoms with Crippen molar-refractivity contribution in [2.24, 2.45) is 0 Å². The smallest absolute Gasteiger partial charge is 0.408 e. The number of benzene rings is 2. The highest BCUT2D eigenvalue weighted by atomic mass is 16.4. The van der Waals surface area contributed by atoms with Crippen LogP contribution < -0.4 is 16.0 Å². The van der Waals surface area contributed by atoms with Crippen LogP contribution >= 0.6 is 0 Å². The third kappa shape index (κ3) is 9.90. The van der Waals surface area contributed by atoms with E-state index in [0.717, 1.165) is 40.8 Å². The highest BCUT2D eigenvalue weighted by Gasteiger charge is 2.37. The molecule has 5 rings (SSSR count). The van der Waals surface area contributed by atoms with Gasteiger partial charge in [0.1, 0.15) is 0 Å². The van der Waals surface area contributed by atoms with E-state index in [2.05, 4.69) is 42.7 Å². The summed E-state index contributed by atoms with van der Waals surface area (Å²) in [4.78, 5) is 49.3. The molecule has 3 heterocycles. The Morgan fingerprint density at radius 2 is 1.72 bits per heavy atom. The Hall–Kier alpha value is -5.73. The number of anilines is 1. The summed E-state index contributed by atoms with van der Waals surface area (Å²) in [6, 6.07) is 20.0. The number of aromatic nitrogens is 2. The Morgan fingerprint density at radius 1 is 0.940 bits per heavy atom. The molecule has 1 fully saturated rings. The maximum Gasteiger partial charge on any atom is 0.408 e. The summed E-state index contributed by atoms with van der Waals surface area (Å²) in [7, 11) is 0. The van der Waals surface area contributed by atoms with Crippen LogP contribution in [0.25, 0.3) is 11.1 Å². The lowest BCUT2D eigenvalue weighted by Crippen LogP contribution is -2.52. The largest absolute Gasteiger partial charge is 0.465 e. The molecule has 1 saturated heterocycles. The second-order valence-electron chi connectivity index (χ2n) is 13.1. The average molecular weight is 674 g/mol. The third-order valence-electron chi connectivity index (χ3n) is 8.43. The molecule has 11 heteroatoms. The van der Waals surface area contributed by atoms with Gasteiger partial charge in [0, 0.05) is 91.5 Å². The van der Waals surface area contributed by atoms with Gasteiger partial charge in [-0.05, 0) is 105 Å². The van der Waals surface area contributed by atoms with Gasteiger partial charge in [-0.25, -0.2) is 9.59 Å². The predicted octanol–water partition coefficient (Wildman–Crippen LogP) is 5.49. The zero-order valence-corrected chi connectivity index (χ0v) is 28.6. The van der Waals surface area contributed by atoms with Gasteiger partial charge in [0.2, 0.25) is 0 Å². The number of carbonyl (C=O) groups excluding carboxylic acids is 2. The first-order valence-corrected chi connectivity index (χ1v) is 16.7. The van der Waals surface area contributed by atoms with Crippen LogP contribution in [0.2, 0.25) is 0 Å². The third-order valence-corrected chi connectivity index (χ3v) is 8.43. The number of hydrogen-bond donors (Lipinski definition) is 4. The van der Waals surface area contributed by atoms with Gasteiger partial charge in [-0.15, -0.1) is 0 Å². The molecule has 1 aliphatic heterocycles. The molecule has 0 saturated carbocycles. The number of carbonyl (C=O) groups is 3. The Balaban J connectivity index is 1.18. The Labute approximate surface area is 293 Å². The molecular weight excluding hydrogens is 630 g/mol. The number of pyridine rings is 2. The molecule has 4 amide bonds. The molecule has 11 nitrogen and oxygen atoms in total. The molecule has 2 aromatic carbocycles. The minimum Gasteiger partial charge on any atom is -0.465 e. The SMILES string of the molecule is CC(C)(C)N(C(=O)O)C1CCN(CCNC(=O)c2ccc(C#Cc3cc(NC(=O)NCCc4cccnc4)ccc3-c3ccncc3)cc2)C1. The zero-order chi connectivity index (χ0) is 35.5. The van der Waals surface area contributed by atoms with Crippen LogP contribution in [0.5, 0.6) is 0 Å². The van der Waals surface area contributed by atoms with E-state index in [1.807, 2.05) is 75.4 Å². The molecule has 258 valence electrons. The van der Waals surface area contributed by atoms with E-state index < -0.39 is 11.6 Å². The zero-order valence-electron chi connectivity index (χ0n) is 28.6. The molecule has 0 aliphatic carbocycles. The Bertz CT molecular complexity index is 1830. The van der Waals surface area contributed by atoms with Crippen molar-refractivity contribution in [2.45, 2.75) is 45.2 Å². The first-order chi connectivity index (χ1) is 24.1. The fraction of sp³-hybridized carbons (Fsp3) is 0.308. The minimum absolute atomic E-state index is 0.0656. The molecule has 0 bridgehead atoms. The summed E-state index contributed by atoms with van der Waals surface area (Å²) in [6.07, 6.45) is 7.48. The number of rotatable bonds is 10. The van der Waals surface area contributed by atoms with Crippen LogP contribution in [0.15, 0.2) is 91.5 Å². The van der Waals surface area contributed by atoms with Gasteiger partial charge in [0.15, 0.2) is 0 Å². The number of carboxylic acid groups (broad SMARTS) is 1. The monoisotopic (exact) mass is 673 g/mol. The van der Waals surface area contributed by atoms with Crippen molar-refractivity contribution in [1.82, 2.24) is 30.4 Å². The van der Waals surface area contributed by atoms with E-state index in [4.69, 9.17) is 0 Å². The molecule has 4 aromatic rings. The summed E-state index contributed by atoms with van der Waals surface area (Å²) in [6.45, 7) is 8.73. The van der Waals surface area contributed by atoms with Crippen molar-refractivity contribution in [3.05, 3.63) is 114 Å². The van der Waals surface area contributed by atoms with Crippen molar-refractivity contribution in [3.8, 4) is 23.0 Å². The quantitative estimate of drug-likeness (QED) is 0.163. The second kappa shape index (κ2) is 16.6. The molecule has 0 spiro atoms. The number of amides is 4. The molecule has 1 aliphatic rings. The predicted molar refractivity (Wildman–Crippen MR) is 194 cm³/mol. The highest BCUT2D eigenvalue weighted by molar-refractivity contribution is 5.94. The van der Waals surface area contributed by atoms with E-state index in [1.54, 1.807) is 36.9 Å². The fourth-order valence-electron chi connectivity index (χ4n) is 6.04. The standard InChI is InChI=1S/C39H43N7O4/c1-39(2,3)46(38(49)50)34-17-23-45(27-34)24-22-42-36(47)31-9-6-28(7-10-31)8-11-32-25-33(12-13-35(32)30-15-19-40-20-16-30)44-37(48)43-21-14-29-5-4-18-41-26-29/h4-7,9-10,12-13,15-16,18-20,25-26,34H,14,17,21-24,27H2,1-3H3,(H,42,47)(H,49,50)(H2,43,44,48). The van der Waals surface area contributed by atoms with Crippen molar-refractivity contribution in [2.75, 3.05) is 38.0 Å². The van der Waals surface area contributed by atoms with E-state index in [9.17, 15) is 19.5 Å². The summed E-state index contributed by atoms with van der Waals surface area (Å²) in [5, 5.41) is 18.5. The van der Waals surface area contributed by atoms with Gasteiger partial charge < -0.3 is 21.1 Å². The molecule has 0 radical (unpaired) electrons. The number of nitrogens with one attached hydrogen (secondary N) is 3. The topological polar surface area (TPSA) is 140 Å². The second-order valence-corrected chi connectivity index (χ2v) is 13.1. The molecule has 50 heavy (non-hydrogen) atoms. The molecule has 1 atom stereocenters. The van der Waals surface area contributed by atoms with Crippen LogP contribution in [-0.2, 0) is 6.42 Å². The molecular formula is C39H43N7O4. The summed E-state index contributed by atoms with van der Waals surface area (Å²) in [5.41, 5.74) is 5.01. The first kappa shape index (κ1) is 35.6. The molecule has 1 unspecified atom stereocenters. The van der Waals surface area contributed by atoms with Gasteiger partial charge in [-0.1, -0.05) is 24.0 Å². The van der Waals surface area contributed by atoms with E-state index in [1.165, 1.54) is 4.90 Å². The van der Waals surface area contributed by atoms with Gasteiger partial charge in [-0.2, -0.15) is 0 Å². The van der Waals surface area contributed by atoms with Gasteiger partial charge in [0.05, 0.1) is 0 Å². The minimum atomic E-state index is -0.904. The van der Waals surface area contributed by atoms with E-state index in [-0.39, 0.29) is 18.0 Å². The summed E-state index contributed by atoms with van der Waals surface area (Å²) in [5.74, 6) is 6.27. The first-order valence-electron chi connectivity index (χ1n) is 16.7. The summed E-state index contributed by atoms with van der Waals surface area (Å²) < 4.78 is 0. The maximum absolute atomic E-state index is 12.9. The lowest BCUT2D eigenvalue weighted by atomic mass is 9.99. The van der Waals surface area contributed by atoms with Gasteiger partial charge in [0.25, 0.3) is 5.91 Å². The number of nitrogens with zero attached hydrogens (tertiary/aromatic N) is 4. The summed E-state index contributed by atoms with van der Waals surface area (Å²) >= 11 is 0. The number of likely N-dealkylation sites (tertiary alicyclic amines) is 1. The van der Waals surface area contributed by atoms with Crippen LogP contribution in [0.1, 0.15) is 54.2 Å². The van der Waals surface area contributed by atoms with Crippen LogP contribution in [-0.4, -0.2) is 87.2 Å². The Morgan fingerprint density at radius 3 is 2.42 bits per heavy atom. The lowest BCUT2D eigenvalue weighted by molar-refractivity contribution is 0.0722. The van der Waals surface area contributed by atoms with Crippen molar-refractivity contribution < 1.29 is 19.5 Å². The van der Waals surface area contributed by atoms with Crippen molar-refractivity contribution in [3.63, 3.8) is 0 Å². The van der Waals surface area contributed by atoms with E-state index in [0.29, 0.717) is 43.9 Å². The fourth-order valence-corrected chi connectivity index (χ4v) is 6.04. The van der Waals surface area contributed by atoms with Gasteiger partial charge >= 0.3 is 12.1 Å². The normalized spacial score (nSPS) is 14.3. The molecule has 4 N–H and O–H groups in total. The average Bonchev–Trinajstić information content (AvgIpc) is 3.55. The van der Waals surface area contributed by atoms with Crippen LogP contribution in [0, 0.1) is 11.8 Å². The number of urea groups is 1. The van der Waals surface area contributed by atoms with Crippen LogP contribution in [0.4, 0.5) is 15.3 Å².